The quantitative estimate of drug-likeness (QED) is 0.883. The molecule has 0 aliphatic carbocycles. The van der Waals surface area contributed by atoms with E-state index in [1.54, 1.807) is 12.1 Å². The zero-order chi connectivity index (χ0) is 13.1. The summed E-state index contributed by atoms with van der Waals surface area (Å²) in [7, 11) is 0. The summed E-state index contributed by atoms with van der Waals surface area (Å²) in [4.78, 5) is 12.0. The van der Waals surface area contributed by atoms with Gasteiger partial charge in [0.1, 0.15) is 4.34 Å². The van der Waals surface area contributed by atoms with E-state index in [2.05, 4.69) is 21.2 Å². The van der Waals surface area contributed by atoms with E-state index < -0.39 is 5.91 Å². The number of rotatable bonds is 4. The third-order valence-electron chi connectivity index (χ3n) is 2.33. The van der Waals surface area contributed by atoms with Crippen LogP contribution in [0.15, 0.2) is 34.8 Å². The van der Waals surface area contributed by atoms with Crippen LogP contribution in [0.5, 0.6) is 0 Å². The van der Waals surface area contributed by atoms with E-state index >= 15 is 0 Å². The van der Waals surface area contributed by atoms with Gasteiger partial charge in [0.15, 0.2) is 0 Å². The fourth-order valence-corrected chi connectivity index (χ4v) is 3.15. The first-order valence-corrected chi connectivity index (χ1v) is 7.12. The van der Waals surface area contributed by atoms with Crippen molar-refractivity contribution in [3.63, 3.8) is 0 Å². The van der Waals surface area contributed by atoms with Crippen LogP contribution in [0.2, 0.25) is 4.34 Å². The molecule has 1 heterocycles. The summed E-state index contributed by atoms with van der Waals surface area (Å²) in [6.45, 7) is 0.686. The Kier molecular flexibility index (Phi) is 4.27. The molecule has 3 nitrogen and oxygen atoms in total. The lowest BCUT2D eigenvalue weighted by atomic mass is 10.2. The minimum Gasteiger partial charge on any atom is -0.380 e. The van der Waals surface area contributed by atoms with Crippen molar-refractivity contribution in [3.8, 4) is 0 Å². The molecule has 0 saturated heterocycles. The lowest BCUT2D eigenvalue weighted by molar-refractivity contribution is 0.100. The van der Waals surface area contributed by atoms with Crippen LogP contribution in [-0.4, -0.2) is 5.91 Å². The normalized spacial score (nSPS) is 10.3. The SMILES string of the molecule is NC(=O)c1ccc(NCc2cc(Br)c(Cl)s2)cc1. The van der Waals surface area contributed by atoms with E-state index in [1.807, 2.05) is 18.2 Å². The molecular weight excluding hydrogens is 336 g/mol. The van der Waals surface area contributed by atoms with Gasteiger partial charge >= 0.3 is 0 Å². The van der Waals surface area contributed by atoms with Gasteiger partial charge in [-0.1, -0.05) is 11.6 Å². The molecular formula is C12H10BrClN2OS. The van der Waals surface area contributed by atoms with E-state index in [0.29, 0.717) is 12.1 Å². The van der Waals surface area contributed by atoms with Gasteiger partial charge in [0, 0.05) is 27.1 Å². The second kappa shape index (κ2) is 5.73. The predicted octanol–water partition coefficient (Wildman–Crippen LogP) is 3.88. The van der Waals surface area contributed by atoms with Crippen molar-refractivity contribution < 1.29 is 4.79 Å². The Morgan fingerprint density at radius 3 is 2.56 bits per heavy atom. The summed E-state index contributed by atoms with van der Waals surface area (Å²) >= 11 is 10.8. The molecule has 2 aromatic rings. The molecule has 0 atom stereocenters. The van der Waals surface area contributed by atoms with Crippen LogP contribution in [0.1, 0.15) is 15.2 Å². The van der Waals surface area contributed by atoms with Crippen molar-refractivity contribution in [1.82, 2.24) is 0 Å². The van der Waals surface area contributed by atoms with Crippen molar-refractivity contribution in [2.24, 2.45) is 5.73 Å². The molecule has 0 spiro atoms. The maximum Gasteiger partial charge on any atom is 0.248 e. The molecule has 94 valence electrons. The van der Waals surface area contributed by atoms with Gasteiger partial charge in [-0.15, -0.1) is 11.3 Å². The van der Waals surface area contributed by atoms with Crippen molar-refractivity contribution >= 4 is 50.5 Å². The molecule has 0 aliphatic rings. The first kappa shape index (κ1) is 13.4. The Labute approximate surface area is 122 Å². The Hall–Kier alpha value is -1.04. The number of carbonyl (C=O) groups is 1. The highest BCUT2D eigenvalue weighted by atomic mass is 79.9. The molecule has 0 radical (unpaired) electrons. The second-order valence-electron chi connectivity index (χ2n) is 3.63. The number of nitrogens with two attached hydrogens (primary N) is 1. The number of halogens is 2. The molecule has 0 aliphatic heterocycles. The molecule has 0 saturated carbocycles. The molecule has 18 heavy (non-hydrogen) atoms. The van der Waals surface area contributed by atoms with Gasteiger partial charge in [0.25, 0.3) is 0 Å². The smallest absolute Gasteiger partial charge is 0.248 e. The summed E-state index contributed by atoms with van der Waals surface area (Å²) in [5.74, 6) is -0.421. The molecule has 1 aromatic heterocycles. The number of thiophene rings is 1. The van der Waals surface area contributed by atoms with Crippen LogP contribution in [0.4, 0.5) is 5.69 Å². The summed E-state index contributed by atoms with van der Waals surface area (Å²) in [6.07, 6.45) is 0. The fourth-order valence-electron chi connectivity index (χ4n) is 1.42. The third kappa shape index (κ3) is 3.25. The topological polar surface area (TPSA) is 55.1 Å². The molecule has 6 heteroatoms. The van der Waals surface area contributed by atoms with Gasteiger partial charge in [-0.3, -0.25) is 4.79 Å². The van der Waals surface area contributed by atoms with Crippen LogP contribution < -0.4 is 11.1 Å². The van der Waals surface area contributed by atoms with Crippen molar-refractivity contribution in [2.45, 2.75) is 6.54 Å². The first-order chi connectivity index (χ1) is 8.56. The van der Waals surface area contributed by atoms with Gasteiger partial charge < -0.3 is 11.1 Å². The molecule has 0 bridgehead atoms. The Balaban J connectivity index is 2.00. The number of anilines is 1. The number of benzene rings is 1. The monoisotopic (exact) mass is 344 g/mol. The number of nitrogens with one attached hydrogen (secondary N) is 1. The van der Waals surface area contributed by atoms with E-state index in [-0.39, 0.29) is 0 Å². The maximum absolute atomic E-state index is 10.9. The minimum atomic E-state index is -0.421. The van der Waals surface area contributed by atoms with Crippen LogP contribution in [0, 0.1) is 0 Å². The van der Waals surface area contributed by atoms with Crippen LogP contribution in [0.25, 0.3) is 0 Å². The van der Waals surface area contributed by atoms with E-state index in [0.717, 1.165) is 19.4 Å². The summed E-state index contributed by atoms with van der Waals surface area (Å²) < 4.78 is 1.66. The van der Waals surface area contributed by atoms with E-state index in [4.69, 9.17) is 17.3 Å². The average Bonchev–Trinajstić information content (AvgIpc) is 2.67. The van der Waals surface area contributed by atoms with Gasteiger partial charge in [-0.2, -0.15) is 0 Å². The van der Waals surface area contributed by atoms with E-state index in [1.165, 1.54) is 11.3 Å². The van der Waals surface area contributed by atoms with Crippen LogP contribution in [0.3, 0.4) is 0 Å². The number of hydrogen-bond donors (Lipinski definition) is 2. The van der Waals surface area contributed by atoms with Crippen LogP contribution in [-0.2, 0) is 6.54 Å². The zero-order valence-electron chi connectivity index (χ0n) is 9.24. The Morgan fingerprint density at radius 1 is 1.39 bits per heavy atom. The zero-order valence-corrected chi connectivity index (χ0v) is 12.4. The first-order valence-electron chi connectivity index (χ1n) is 5.13. The van der Waals surface area contributed by atoms with Gasteiger partial charge in [0.2, 0.25) is 5.91 Å². The largest absolute Gasteiger partial charge is 0.380 e. The molecule has 0 fully saturated rings. The molecule has 1 amide bonds. The highest BCUT2D eigenvalue weighted by molar-refractivity contribution is 9.10. The van der Waals surface area contributed by atoms with E-state index in [9.17, 15) is 4.79 Å². The summed E-state index contributed by atoms with van der Waals surface area (Å²) in [5, 5.41) is 3.25. The number of carbonyl (C=O) groups excluding carboxylic acids is 1. The van der Waals surface area contributed by atoms with Gasteiger partial charge in [0.05, 0.1) is 0 Å². The standard InChI is InChI=1S/C12H10BrClN2OS/c13-10-5-9(18-11(10)14)6-16-8-3-1-7(2-4-8)12(15)17/h1-5,16H,6H2,(H2,15,17). The lowest BCUT2D eigenvalue weighted by Crippen LogP contribution is -2.10. The van der Waals surface area contributed by atoms with Gasteiger partial charge in [-0.25, -0.2) is 0 Å². The molecule has 1 aromatic carbocycles. The number of hydrogen-bond acceptors (Lipinski definition) is 3. The number of primary amides is 1. The third-order valence-corrected chi connectivity index (χ3v) is 4.81. The molecule has 2 rings (SSSR count). The van der Waals surface area contributed by atoms with Crippen molar-refractivity contribution in [2.75, 3.05) is 5.32 Å². The predicted molar refractivity (Wildman–Crippen MR) is 79.3 cm³/mol. The lowest BCUT2D eigenvalue weighted by Gasteiger charge is -2.05. The highest BCUT2D eigenvalue weighted by Crippen LogP contribution is 2.32. The Morgan fingerprint density at radius 2 is 2.06 bits per heavy atom. The summed E-state index contributed by atoms with van der Waals surface area (Å²) in [5.41, 5.74) is 6.60. The minimum absolute atomic E-state index is 0.421. The maximum atomic E-state index is 10.9. The second-order valence-corrected chi connectivity index (χ2v) is 6.22. The molecule has 3 N–H and O–H groups in total. The van der Waals surface area contributed by atoms with Crippen LogP contribution >= 0.6 is 38.9 Å². The Bertz CT molecular complexity index is 548. The highest BCUT2D eigenvalue weighted by Gasteiger charge is 2.04. The van der Waals surface area contributed by atoms with Crippen molar-refractivity contribution in [1.29, 1.82) is 0 Å². The average molecular weight is 346 g/mol. The summed E-state index contributed by atoms with van der Waals surface area (Å²) in [6, 6.07) is 9.02. The van der Waals surface area contributed by atoms with Gasteiger partial charge in [-0.05, 0) is 46.3 Å². The van der Waals surface area contributed by atoms with Crippen molar-refractivity contribution in [3.05, 3.63) is 49.6 Å². The molecule has 0 unspecified atom stereocenters. The fraction of sp³-hybridized carbons (Fsp3) is 0.0833. The number of amides is 1.